The number of esters is 1. The van der Waals surface area contributed by atoms with E-state index in [0.29, 0.717) is 144 Å². The Bertz CT molecular complexity index is 969. The second-order valence-electron chi connectivity index (χ2n) is 9.96. The number of benzene rings is 1. The summed E-state index contributed by atoms with van der Waals surface area (Å²) in [4.78, 5) is 32.6. The molecule has 0 saturated carbocycles. The van der Waals surface area contributed by atoms with E-state index in [1.807, 2.05) is 18.2 Å². The predicted molar refractivity (Wildman–Crippen MR) is 177 cm³/mol. The summed E-state index contributed by atoms with van der Waals surface area (Å²) in [6, 6.07) is 7.34. The molecule has 0 radical (unpaired) electrons. The van der Waals surface area contributed by atoms with E-state index >= 15 is 0 Å². The summed E-state index contributed by atoms with van der Waals surface area (Å²) in [6.45, 7) is 9.10. The van der Waals surface area contributed by atoms with Crippen LogP contribution in [0.3, 0.4) is 0 Å². The maximum Gasteiger partial charge on any atom is 0.372 e. The lowest BCUT2D eigenvalue weighted by Gasteiger charge is -2.10. The number of ether oxygens (including phenoxy) is 12. The predicted octanol–water partition coefficient (Wildman–Crippen LogP) is 0.791. The van der Waals surface area contributed by atoms with Crippen molar-refractivity contribution >= 4 is 23.4 Å². The van der Waals surface area contributed by atoms with Gasteiger partial charge in [-0.1, -0.05) is 12.1 Å². The Kier molecular flexibility index (Phi) is 31.1. The molecule has 1 aromatic rings. The van der Waals surface area contributed by atoms with Crippen LogP contribution in [0.4, 0.5) is 5.69 Å². The summed E-state index contributed by atoms with van der Waals surface area (Å²) in [6.07, 6.45) is -0.664. The number of para-hydroxylation sites is 2. The van der Waals surface area contributed by atoms with Crippen molar-refractivity contribution < 1.29 is 76.3 Å². The molecular formula is C33H55NO16. The first-order valence-electron chi connectivity index (χ1n) is 16.7. The SMILES string of the molecule is Nc1ccccc1OCCOCCOCCOCCOCCOCCOCCOCCOCCOCCOCCOC(=O)CCC(=O)C(=O)O. The van der Waals surface area contributed by atoms with Gasteiger partial charge in [-0.15, -0.1) is 0 Å². The van der Waals surface area contributed by atoms with Crippen LogP contribution in [-0.4, -0.2) is 168 Å². The van der Waals surface area contributed by atoms with Crippen LogP contribution >= 0.6 is 0 Å². The highest BCUT2D eigenvalue weighted by molar-refractivity contribution is 6.32. The molecule has 0 aliphatic heterocycles. The minimum atomic E-state index is -1.56. The number of carboxylic acids is 1. The molecule has 17 heteroatoms. The van der Waals surface area contributed by atoms with Crippen molar-refractivity contribution in [2.45, 2.75) is 12.8 Å². The third kappa shape index (κ3) is 29.9. The highest BCUT2D eigenvalue weighted by Crippen LogP contribution is 2.19. The Morgan fingerprint density at radius 3 is 1.12 bits per heavy atom. The van der Waals surface area contributed by atoms with Gasteiger partial charge in [0.1, 0.15) is 19.0 Å². The molecule has 1 aromatic carbocycles. The Morgan fingerprint density at radius 1 is 0.460 bits per heavy atom. The lowest BCUT2D eigenvalue weighted by Crippen LogP contribution is -2.17. The summed E-state index contributed by atoms with van der Waals surface area (Å²) in [7, 11) is 0. The van der Waals surface area contributed by atoms with Crippen LogP contribution < -0.4 is 10.5 Å². The fourth-order valence-corrected chi connectivity index (χ4v) is 3.51. The number of nitrogens with two attached hydrogens (primary N) is 1. The number of ketones is 1. The normalized spacial score (nSPS) is 11.1. The standard InChI is InChI=1S/C33H55NO16/c34-29-3-1-2-4-31(29)49-27-25-47-23-21-45-19-17-43-15-13-41-11-9-39-7-8-40-10-12-42-14-16-44-18-20-46-22-24-48-26-28-50-32(36)6-5-30(35)33(37)38/h1-4H,5-28,34H2,(H,37,38). The molecule has 0 atom stereocenters. The minimum Gasteiger partial charge on any atom is -0.489 e. The van der Waals surface area contributed by atoms with Gasteiger partial charge < -0.3 is 67.7 Å². The van der Waals surface area contributed by atoms with E-state index in [2.05, 4.69) is 0 Å². The van der Waals surface area contributed by atoms with E-state index in [0.717, 1.165) is 0 Å². The summed E-state index contributed by atoms with van der Waals surface area (Å²) in [5.41, 5.74) is 6.42. The number of hydrogen-bond acceptors (Lipinski definition) is 16. The largest absolute Gasteiger partial charge is 0.489 e. The quantitative estimate of drug-likeness (QED) is 0.0419. The number of nitrogen functional groups attached to an aromatic ring is 1. The maximum atomic E-state index is 11.4. The molecule has 0 aliphatic rings. The first kappa shape index (κ1) is 45.1. The van der Waals surface area contributed by atoms with Gasteiger partial charge >= 0.3 is 11.9 Å². The van der Waals surface area contributed by atoms with Crippen molar-refractivity contribution in [1.82, 2.24) is 0 Å². The first-order chi connectivity index (χ1) is 24.5. The molecular weight excluding hydrogens is 666 g/mol. The summed E-state index contributed by atoms with van der Waals surface area (Å²) in [5.74, 6) is -2.59. The van der Waals surface area contributed by atoms with Gasteiger partial charge in [0.05, 0.1) is 144 Å². The fourth-order valence-electron chi connectivity index (χ4n) is 3.51. The molecule has 0 unspecified atom stereocenters. The number of carbonyl (C=O) groups is 3. The van der Waals surface area contributed by atoms with Crippen LogP contribution in [0.1, 0.15) is 12.8 Å². The van der Waals surface area contributed by atoms with Crippen molar-refractivity contribution in [3.63, 3.8) is 0 Å². The molecule has 50 heavy (non-hydrogen) atoms. The molecule has 0 heterocycles. The zero-order chi connectivity index (χ0) is 36.2. The maximum absolute atomic E-state index is 11.4. The van der Waals surface area contributed by atoms with Crippen molar-refractivity contribution in [3.8, 4) is 5.75 Å². The molecule has 1 rings (SSSR count). The van der Waals surface area contributed by atoms with E-state index in [1.54, 1.807) is 6.07 Å². The van der Waals surface area contributed by atoms with Gasteiger partial charge in [-0.05, 0) is 12.1 Å². The summed E-state index contributed by atoms with van der Waals surface area (Å²) >= 11 is 0. The van der Waals surface area contributed by atoms with Gasteiger partial charge in [-0.3, -0.25) is 9.59 Å². The van der Waals surface area contributed by atoms with Gasteiger partial charge in [0.2, 0.25) is 5.78 Å². The molecule has 0 amide bonds. The Morgan fingerprint density at radius 2 is 0.780 bits per heavy atom. The lowest BCUT2D eigenvalue weighted by molar-refractivity contribution is -0.151. The highest BCUT2D eigenvalue weighted by atomic mass is 16.6. The number of hydrogen-bond donors (Lipinski definition) is 2. The van der Waals surface area contributed by atoms with Crippen molar-refractivity contribution in [2.75, 3.05) is 151 Å². The van der Waals surface area contributed by atoms with Crippen molar-refractivity contribution in [1.29, 1.82) is 0 Å². The van der Waals surface area contributed by atoms with Gasteiger partial charge in [0.15, 0.2) is 0 Å². The lowest BCUT2D eigenvalue weighted by atomic mass is 10.2. The average Bonchev–Trinajstić information content (AvgIpc) is 3.11. The molecule has 3 N–H and O–H groups in total. The van der Waals surface area contributed by atoms with E-state index in [-0.39, 0.29) is 26.1 Å². The van der Waals surface area contributed by atoms with Gasteiger partial charge in [-0.25, -0.2) is 4.79 Å². The summed E-state index contributed by atoms with van der Waals surface area (Å²) in [5, 5.41) is 8.44. The monoisotopic (exact) mass is 721 g/mol. The highest BCUT2D eigenvalue weighted by Gasteiger charge is 2.14. The summed E-state index contributed by atoms with van der Waals surface area (Å²) < 4.78 is 64.6. The molecule has 0 bridgehead atoms. The zero-order valence-electron chi connectivity index (χ0n) is 28.9. The fraction of sp³-hybridized carbons (Fsp3) is 0.727. The van der Waals surface area contributed by atoms with Gasteiger partial charge in [0, 0.05) is 6.42 Å². The minimum absolute atomic E-state index is 0.0112. The second kappa shape index (κ2) is 34.5. The number of carboxylic acid groups (broad SMARTS) is 1. The topological polar surface area (TPSA) is 208 Å². The Hall–Kier alpha value is -2.97. The van der Waals surface area contributed by atoms with E-state index in [9.17, 15) is 14.4 Å². The molecule has 288 valence electrons. The Labute approximate surface area is 293 Å². The Balaban J connectivity index is 1.65. The third-order valence-electron chi connectivity index (χ3n) is 6.04. The zero-order valence-corrected chi connectivity index (χ0v) is 28.9. The number of carbonyl (C=O) groups excluding carboxylic acids is 2. The van der Waals surface area contributed by atoms with Crippen LogP contribution in [0.5, 0.6) is 5.75 Å². The molecule has 0 aliphatic carbocycles. The number of anilines is 1. The molecule has 17 nitrogen and oxygen atoms in total. The van der Waals surface area contributed by atoms with Gasteiger partial charge in [0.25, 0.3) is 0 Å². The van der Waals surface area contributed by atoms with Crippen LogP contribution in [0.2, 0.25) is 0 Å². The van der Waals surface area contributed by atoms with E-state index in [1.165, 1.54) is 0 Å². The first-order valence-corrected chi connectivity index (χ1v) is 16.7. The van der Waals surface area contributed by atoms with Crippen molar-refractivity contribution in [3.05, 3.63) is 24.3 Å². The molecule has 0 spiro atoms. The number of aliphatic carboxylic acids is 1. The van der Waals surface area contributed by atoms with Crippen LogP contribution in [0, 0.1) is 0 Å². The average molecular weight is 722 g/mol. The van der Waals surface area contributed by atoms with Crippen LogP contribution in [-0.2, 0) is 66.5 Å². The van der Waals surface area contributed by atoms with E-state index in [4.69, 9.17) is 67.7 Å². The van der Waals surface area contributed by atoms with E-state index < -0.39 is 17.7 Å². The van der Waals surface area contributed by atoms with Crippen LogP contribution in [0.25, 0.3) is 0 Å². The van der Waals surface area contributed by atoms with Crippen LogP contribution in [0.15, 0.2) is 24.3 Å². The molecule has 0 fully saturated rings. The van der Waals surface area contributed by atoms with Crippen molar-refractivity contribution in [2.24, 2.45) is 0 Å². The smallest absolute Gasteiger partial charge is 0.372 e. The second-order valence-corrected chi connectivity index (χ2v) is 9.96. The molecule has 0 saturated heterocycles. The van der Waals surface area contributed by atoms with Gasteiger partial charge in [-0.2, -0.15) is 0 Å². The third-order valence-corrected chi connectivity index (χ3v) is 6.04. The number of rotatable bonds is 38. The molecule has 0 aromatic heterocycles. The number of Topliss-reactive ketones (excluding diaryl/α,β-unsaturated/α-hetero) is 1.